The lowest BCUT2D eigenvalue weighted by atomic mass is 10.1. The Morgan fingerprint density at radius 3 is 2.83 bits per heavy atom. The fourth-order valence-corrected chi connectivity index (χ4v) is 4.42. The molecule has 0 spiro atoms. The van der Waals surface area contributed by atoms with Crippen molar-refractivity contribution in [1.29, 1.82) is 0 Å². The highest BCUT2D eigenvalue weighted by atomic mass is 35.5. The SMILES string of the molecule is CCN1C(=O)c2cccnc2Sc2cc(NC(=O)c3c(F)cccc3Cl)ccc21. The van der Waals surface area contributed by atoms with E-state index in [1.54, 1.807) is 41.4 Å². The number of aromatic nitrogens is 1. The molecule has 1 aliphatic rings. The van der Waals surface area contributed by atoms with Gasteiger partial charge in [0.15, 0.2) is 0 Å². The highest BCUT2D eigenvalue weighted by Gasteiger charge is 2.27. The van der Waals surface area contributed by atoms with Crippen molar-refractivity contribution in [2.24, 2.45) is 0 Å². The molecule has 2 aromatic carbocycles. The van der Waals surface area contributed by atoms with Crippen LogP contribution in [-0.4, -0.2) is 23.3 Å². The Morgan fingerprint density at radius 1 is 1.24 bits per heavy atom. The second-order valence-corrected chi connectivity index (χ2v) is 7.68. The monoisotopic (exact) mass is 427 g/mol. The second kappa shape index (κ2) is 7.85. The Morgan fingerprint density at radius 2 is 2.07 bits per heavy atom. The van der Waals surface area contributed by atoms with Crippen molar-refractivity contribution in [3.05, 3.63) is 76.7 Å². The number of pyridine rings is 1. The number of amides is 2. The Labute approximate surface area is 175 Å². The molecule has 0 radical (unpaired) electrons. The summed E-state index contributed by atoms with van der Waals surface area (Å²) in [6, 6.07) is 12.7. The fourth-order valence-electron chi connectivity index (χ4n) is 3.11. The van der Waals surface area contributed by atoms with Gasteiger partial charge in [-0.25, -0.2) is 9.37 Å². The number of anilines is 2. The number of carbonyl (C=O) groups is 2. The lowest BCUT2D eigenvalue weighted by molar-refractivity contribution is 0.0983. The zero-order valence-electron chi connectivity index (χ0n) is 15.3. The minimum absolute atomic E-state index is 0.0347. The molecular formula is C21H15ClFN3O2S. The van der Waals surface area contributed by atoms with Gasteiger partial charge < -0.3 is 10.2 Å². The number of nitrogens with one attached hydrogen (secondary N) is 1. The topological polar surface area (TPSA) is 62.3 Å². The minimum atomic E-state index is -0.694. The molecule has 29 heavy (non-hydrogen) atoms. The van der Waals surface area contributed by atoms with Gasteiger partial charge in [0.2, 0.25) is 0 Å². The van der Waals surface area contributed by atoms with Crippen LogP contribution in [0.1, 0.15) is 27.6 Å². The van der Waals surface area contributed by atoms with E-state index in [0.717, 1.165) is 10.6 Å². The zero-order valence-corrected chi connectivity index (χ0v) is 16.9. The van der Waals surface area contributed by atoms with Gasteiger partial charge in [-0.3, -0.25) is 9.59 Å². The van der Waals surface area contributed by atoms with Gasteiger partial charge in [0.25, 0.3) is 11.8 Å². The molecule has 0 bridgehead atoms. The molecule has 1 N–H and O–H groups in total. The summed E-state index contributed by atoms with van der Waals surface area (Å²) in [7, 11) is 0. The molecule has 0 saturated carbocycles. The molecule has 1 aliphatic heterocycles. The van der Waals surface area contributed by atoms with Crippen LogP contribution < -0.4 is 10.2 Å². The normalized spacial score (nSPS) is 12.8. The first kappa shape index (κ1) is 19.4. The third-order valence-corrected chi connectivity index (χ3v) is 5.85. The third kappa shape index (κ3) is 3.59. The first-order valence-electron chi connectivity index (χ1n) is 8.83. The number of carbonyl (C=O) groups excluding carboxylic acids is 2. The highest BCUT2D eigenvalue weighted by Crippen LogP contribution is 2.41. The predicted molar refractivity (Wildman–Crippen MR) is 112 cm³/mol. The van der Waals surface area contributed by atoms with Gasteiger partial charge in [0, 0.05) is 23.3 Å². The van der Waals surface area contributed by atoms with Gasteiger partial charge in [-0.2, -0.15) is 0 Å². The maximum Gasteiger partial charge on any atom is 0.261 e. The molecule has 146 valence electrons. The van der Waals surface area contributed by atoms with Gasteiger partial charge in [0.1, 0.15) is 10.8 Å². The number of hydrogen-bond donors (Lipinski definition) is 1. The standard InChI is InChI=1S/C21H15ClFN3O2S/c1-2-26-16-9-8-12(25-19(27)18-14(22)6-3-7-15(18)23)11-17(16)29-20-13(21(26)28)5-4-10-24-20/h3-11H,2H2,1H3,(H,25,27). The molecule has 0 atom stereocenters. The molecule has 3 aromatic rings. The summed E-state index contributed by atoms with van der Waals surface area (Å²) in [6.45, 7) is 2.38. The zero-order chi connectivity index (χ0) is 20.5. The van der Waals surface area contributed by atoms with E-state index >= 15 is 0 Å². The van der Waals surface area contributed by atoms with E-state index < -0.39 is 11.7 Å². The van der Waals surface area contributed by atoms with Crippen molar-refractivity contribution in [2.75, 3.05) is 16.8 Å². The number of nitrogens with zero attached hydrogens (tertiary/aromatic N) is 2. The van der Waals surface area contributed by atoms with Crippen LogP contribution in [0.25, 0.3) is 0 Å². The minimum Gasteiger partial charge on any atom is -0.322 e. The molecule has 0 saturated heterocycles. The number of hydrogen-bond acceptors (Lipinski definition) is 4. The Kier molecular flexibility index (Phi) is 5.25. The van der Waals surface area contributed by atoms with Crippen LogP contribution in [-0.2, 0) is 0 Å². The van der Waals surface area contributed by atoms with E-state index in [4.69, 9.17) is 11.6 Å². The van der Waals surface area contributed by atoms with Crippen LogP contribution in [0.3, 0.4) is 0 Å². The van der Waals surface area contributed by atoms with E-state index in [1.807, 2.05) is 6.92 Å². The van der Waals surface area contributed by atoms with E-state index in [0.29, 0.717) is 22.8 Å². The highest BCUT2D eigenvalue weighted by molar-refractivity contribution is 7.99. The summed E-state index contributed by atoms with van der Waals surface area (Å²) in [5.41, 5.74) is 1.50. The second-order valence-electron chi connectivity index (χ2n) is 6.24. The van der Waals surface area contributed by atoms with Crippen molar-refractivity contribution in [1.82, 2.24) is 4.98 Å². The summed E-state index contributed by atoms with van der Waals surface area (Å²) in [5.74, 6) is -1.47. The largest absolute Gasteiger partial charge is 0.322 e. The molecule has 1 aromatic heterocycles. The smallest absolute Gasteiger partial charge is 0.261 e. The molecule has 0 fully saturated rings. The van der Waals surface area contributed by atoms with Crippen LogP contribution in [0.15, 0.2) is 64.6 Å². The van der Waals surface area contributed by atoms with Gasteiger partial charge >= 0.3 is 0 Å². The first-order valence-corrected chi connectivity index (χ1v) is 10.0. The summed E-state index contributed by atoms with van der Waals surface area (Å²) >= 11 is 7.32. The maximum atomic E-state index is 14.0. The first-order chi connectivity index (χ1) is 14.0. The van der Waals surface area contributed by atoms with E-state index in [9.17, 15) is 14.0 Å². The molecule has 5 nitrogen and oxygen atoms in total. The molecule has 0 unspecified atom stereocenters. The Bertz CT molecular complexity index is 1120. The molecule has 4 rings (SSSR count). The van der Waals surface area contributed by atoms with Gasteiger partial charge in [-0.05, 0) is 49.4 Å². The summed E-state index contributed by atoms with van der Waals surface area (Å²) in [4.78, 5) is 32.2. The number of fused-ring (bicyclic) bond motifs is 2. The Balaban J connectivity index is 1.71. The average Bonchev–Trinajstić information content (AvgIpc) is 2.81. The third-order valence-electron chi connectivity index (χ3n) is 4.47. The van der Waals surface area contributed by atoms with Crippen molar-refractivity contribution >= 4 is 46.6 Å². The molecule has 8 heteroatoms. The van der Waals surface area contributed by atoms with Crippen molar-refractivity contribution in [3.63, 3.8) is 0 Å². The lowest BCUT2D eigenvalue weighted by Crippen LogP contribution is -2.30. The van der Waals surface area contributed by atoms with Crippen molar-refractivity contribution in [3.8, 4) is 0 Å². The van der Waals surface area contributed by atoms with E-state index in [-0.39, 0.29) is 16.5 Å². The molecule has 0 aliphatic carbocycles. The van der Waals surface area contributed by atoms with Crippen molar-refractivity contribution < 1.29 is 14.0 Å². The lowest BCUT2D eigenvalue weighted by Gasteiger charge is -2.21. The van der Waals surface area contributed by atoms with Gasteiger partial charge in [0.05, 0.1) is 21.8 Å². The Hall–Kier alpha value is -2.90. The summed E-state index contributed by atoms with van der Waals surface area (Å²) in [6.07, 6.45) is 1.63. The predicted octanol–water partition coefficient (Wildman–Crippen LogP) is 5.26. The van der Waals surface area contributed by atoms with Gasteiger partial charge in [-0.1, -0.05) is 29.4 Å². The molecular weight excluding hydrogens is 413 g/mol. The number of halogens is 2. The van der Waals surface area contributed by atoms with Crippen molar-refractivity contribution in [2.45, 2.75) is 16.8 Å². The van der Waals surface area contributed by atoms with Gasteiger partial charge in [-0.15, -0.1) is 0 Å². The van der Waals surface area contributed by atoms with Crippen LogP contribution in [0, 0.1) is 5.82 Å². The molecule has 2 amide bonds. The fraction of sp³-hybridized carbons (Fsp3) is 0.0952. The summed E-state index contributed by atoms with van der Waals surface area (Å²) < 4.78 is 14.0. The van der Waals surface area contributed by atoms with E-state index in [2.05, 4.69) is 10.3 Å². The van der Waals surface area contributed by atoms with Crippen LogP contribution in [0.5, 0.6) is 0 Å². The summed E-state index contributed by atoms with van der Waals surface area (Å²) in [5, 5.41) is 3.31. The molecule has 2 heterocycles. The van der Waals surface area contributed by atoms with E-state index in [1.165, 1.54) is 30.0 Å². The average molecular weight is 428 g/mol. The maximum absolute atomic E-state index is 14.0. The number of rotatable bonds is 3. The van der Waals surface area contributed by atoms with Crippen LogP contribution in [0.2, 0.25) is 5.02 Å². The quantitative estimate of drug-likeness (QED) is 0.619. The number of benzene rings is 2. The van der Waals surface area contributed by atoms with Crippen LogP contribution in [0.4, 0.5) is 15.8 Å². The van der Waals surface area contributed by atoms with Crippen LogP contribution >= 0.6 is 23.4 Å².